The normalized spacial score (nSPS) is 10.4. The highest BCUT2D eigenvalue weighted by molar-refractivity contribution is 7.16. The maximum absolute atomic E-state index is 12.3. The fourth-order valence-corrected chi connectivity index (χ4v) is 3.13. The van der Waals surface area contributed by atoms with E-state index in [0.717, 1.165) is 4.88 Å². The largest absolute Gasteiger partial charge is 0.484 e. The highest BCUT2D eigenvalue weighted by Gasteiger charge is 2.14. The zero-order chi connectivity index (χ0) is 16.8. The van der Waals surface area contributed by atoms with Gasteiger partial charge in [-0.15, -0.1) is 11.3 Å². The molecule has 23 heavy (non-hydrogen) atoms. The van der Waals surface area contributed by atoms with Crippen molar-refractivity contribution in [2.24, 2.45) is 0 Å². The van der Waals surface area contributed by atoms with E-state index in [9.17, 15) is 9.59 Å². The molecule has 0 unspecified atom stereocenters. The molecular formula is C17H18ClNO3S. The van der Waals surface area contributed by atoms with Crippen molar-refractivity contribution in [2.45, 2.75) is 20.4 Å². The van der Waals surface area contributed by atoms with Crippen molar-refractivity contribution in [3.05, 3.63) is 51.2 Å². The molecule has 0 aliphatic carbocycles. The molecule has 2 rings (SSSR count). The van der Waals surface area contributed by atoms with Gasteiger partial charge in [0.05, 0.1) is 10.9 Å². The summed E-state index contributed by atoms with van der Waals surface area (Å²) in [7, 11) is 0. The Balaban J connectivity index is 1.90. The Bertz CT molecular complexity index is 681. The zero-order valence-corrected chi connectivity index (χ0v) is 14.6. The van der Waals surface area contributed by atoms with Gasteiger partial charge in [-0.3, -0.25) is 9.59 Å². The number of benzene rings is 1. The Morgan fingerprint density at radius 1 is 1.17 bits per heavy atom. The number of carbonyl (C=O) groups is 2. The number of thiophene rings is 1. The summed E-state index contributed by atoms with van der Waals surface area (Å²) >= 11 is 7.38. The molecule has 0 aliphatic heterocycles. The Labute approximate surface area is 144 Å². The van der Waals surface area contributed by atoms with E-state index in [1.165, 1.54) is 18.3 Å². The predicted octanol–water partition coefficient (Wildman–Crippen LogP) is 4.03. The number of rotatable bonds is 7. The summed E-state index contributed by atoms with van der Waals surface area (Å²) in [6, 6.07) is 10.5. The number of ketones is 1. The number of ether oxygens (including phenoxy) is 1. The third-order valence-corrected chi connectivity index (χ3v) is 4.55. The molecule has 2 aromatic rings. The summed E-state index contributed by atoms with van der Waals surface area (Å²) in [6.45, 7) is 4.52. The van der Waals surface area contributed by atoms with Crippen LogP contribution >= 0.6 is 22.9 Å². The molecular weight excluding hydrogens is 334 g/mol. The molecule has 0 atom stereocenters. The highest BCUT2D eigenvalue weighted by Crippen LogP contribution is 2.22. The van der Waals surface area contributed by atoms with Crippen LogP contribution < -0.4 is 4.74 Å². The first-order valence-electron chi connectivity index (χ1n) is 7.25. The Morgan fingerprint density at radius 3 is 2.39 bits per heavy atom. The van der Waals surface area contributed by atoms with Crippen molar-refractivity contribution in [2.75, 3.05) is 13.2 Å². The maximum Gasteiger partial charge on any atom is 0.260 e. The van der Waals surface area contributed by atoms with Crippen molar-refractivity contribution in [1.29, 1.82) is 0 Å². The van der Waals surface area contributed by atoms with E-state index < -0.39 is 0 Å². The van der Waals surface area contributed by atoms with Crippen molar-refractivity contribution < 1.29 is 14.3 Å². The molecule has 122 valence electrons. The van der Waals surface area contributed by atoms with Gasteiger partial charge in [-0.1, -0.05) is 11.6 Å². The lowest BCUT2D eigenvalue weighted by atomic mass is 10.1. The second kappa shape index (κ2) is 8.13. The number of carbonyl (C=O) groups excluding carboxylic acids is 2. The van der Waals surface area contributed by atoms with Gasteiger partial charge >= 0.3 is 0 Å². The van der Waals surface area contributed by atoms with Gasteiger partial charge in [-0.25, -0.2) is 0 Å². The van der Waals surface area contributed by atoms with Crippen LogP contribution in [0, 0.1) is 0 Å². The standard InChI is InChI=1S/C17H18ClNO3S/c1-3-19(10-15-8-9-16(18)23-15)17(21)11-22-14-6-4-13(5-7-14)12(2)20/h4-9H,3,10-11H2,1-2H3. The van der Waals surface area contributed by atoms with Gasteiger partial charge in [0.1, 0.15) is 5.75 Å². The van der Waals surface area contributed by atoms with E-state index in [1.54, 1.807) is 29.2 Å². The first-order chi connectivity index (χ1) is 11.0. The smallest absolute Gasteiger partial charge is 0.260 e. The third kappa shape index (κ3) is 5.08. The molecule has 0 radical (unpaired) electrons. The number of nitrogens with zero attached hydrogens (tertiary/aromatic N) is 1. The molecule has 1 aromatic heterocycles. The van der Waals surface area contributed by atoms with Crippen molar-refractivity contribution >= 4 is 34.6 Å². The molecule has 0 aliphatic rings. The lowest BCUT2D eigenvalue weighted by molar-refractivity contribution is -0.133. The molecule has 4 nitrogen and oxygen atoms in total. The molecule has 0 saturated carbocycles. The molecule has 0 saturated heterocycles. The highest BCUT2D eigenvalue weighted by atomic mass is 35.5. The van der Waals surface area contributed by atoms with E-state index in [2.05, 4.69) is 0 Å². The van der Waals surface area contributed by atoms with Gasteiger partial charge in [-0.2, -0.15) is 0 Å². The van der Waals surface area contributed by atoms with E-state index in [1.807, 2.05) is 19.1 Å². The molecule has 0 N–H and O–H groups in total. The van der Waals surface area contributed by atoms with Crippen LogP contribution in [0.1, 0.15) is 29.1 Å². The summed E-state index contributed by atoms with van der Waals surface area (Å²) in [5, 5.41) is 0. The number of likely N-dealkylation sites (N-methyl/N-ethyl adjacent to an activating group) is 1. The van der Waals surface area contributed by atoms with Crippen molar-refractivity contribution in [3.8, 4) is 5.75 Å². The quantitative estimate of drug-likeness (QED) is 0.707. The van der Waals surface area contributed by atoms with E-state index in [4.69, 9.17) is 16.3 Å². The topological polar surface area (TPSA) is 46.6 Å². The van der Waals surface area contributed by atoms with Gasteiger partial charge in [-0.05, 0) is 50.2 Å². The van der Waals surface area contributed by atoms with E-state index in [0.29, 0.717) is 28.7 Å². The summed E-state index contributed by atoms with van der Waals surface area (Å²) < 4.78 is 6.22. The SMILES string of the molecule is CCN(Cc1ccc(Cl)s1)C(=O)COc1ccc(C(C)=O)cc1. The van der Waals surface area contributed by atoms with Crippen LogP contribution in [0.15, 0.2) is 36.4 Å². The zero-order valence-electron chi connectivity index (χ0n) is 13.0. The van der Waals surface area contributed by atoms with Gasteiger partial charge in [0.15, 0.2) is 12.4 Å². The number of halogens is 1. The predicted molar refractivity (Wildman–Crippen MR) is 92.4 cm³/mol. The molecule has 0 bridgehead atoms. The Hall–Kier alpha value is -1.85. The first kappa shape index (κ1) is 17.5. The Morgan fingerprint density at radius 2 is 1.87 bits per heavy atom. The maximum atomic E-state index is 12.3. The second-order valence-corrected chi connectivity index (χ2v) is 6.78. The van der Waals surface area contributed by atoms with Crippen LogP contribution in [-0.4, -0.2) is 29.7 Å². The van der Waals surface area contributed by atoms with E-state index >= 15 is 0 Å². The van der Waals surface area contributed by atoms with Gasteiger partial charge in [0.2, 0.25) is 0 Å². The van der Waals surface area contributed by atoms with Crippen LogP contribution in [0.4, 0.5) is 0 Å². The first-order valence-corrected chi connectivity index (χ1v) is 8.45. The number of Topliss-reactive ketones (excluding diaryl/α,β-unsaturated/α-hetero) is 1. The summed E-state index contributed by atoms with van der Waals surface area (Å²) in [5.41, 5.74) is 0.619. The van der Waals surface area contributed by atoms with Crippen LogP contribution in [0.25, 0.3) is 0 Å². The number of hydrogen-bond acceptors (Lipinski definition) is 4. The minimum atomic E-state index is -0.0901. The fourth-order valence-electron chi connectivity index (χ4n) is 2.02. The van der Waals surface area contributed by atoms with Gasteiger partial charge in [0.25, 0.3) is 5.91 Å². The monoisotopic (exact) mass is 351 g/mol. The molecule has 1 amide bonds. The minimum absolute atomic E-state index is 0.000562. The molecule has 0 spiro atoms. The lowest BCUT2D eigenvalue weighted by Gasteiger charge is -2.20. The van der Waals surface area contributed by atoms with Gasteiger partial charge in [0, 0.05) is 17.0 Å². The number of amides is 1. The van der Waals surface area contributed by atoms with Crippen LogP contribution in [-0.2, 0) is 11.3 Å². The average Bonchev–Trinajstić information content (AvgIpc) is 2.95. The van der Waals surface area contributed by atoms with E-state index in [-0.39, 0.29) is 18.3 Å². The third-order valence-electron chi connectivity index (χ3n) is 3.33. The summed E-state index contributed by atoms with van der Waals surface area (Å²) in [5.74, 6) is 0.477. The molecule has 1 aromatic carbocycles. The average molecular weight is 352 g/mol. The molecule has 0 fully saturated rings. The lowest BCUT2D eigenvalue weighted by Crippen LogP contribution is -2.34. The molecule has 1 heterocycles. The molecule has 6 heteroatoms. The summed E-state index contributed by atoms with van der Waals surface area (Å²) in [4.78, 5) is 26.2. The van der Waals surface area contributed by atoms with Crippen LogP contribution in [0.2, 0.25) is 4.34 Å². The van der Waals surface area contributed by atoms with Crippen LogP contribution in [0.5, 0.6) is 5.75 Å². The van der Waals surface area contributed by atoms with Crippen LogP contribution in [0.3, 0.4) is 0 Å². The van der Waals surface area contributed by atoms with Gasteiger partial charge < -0.3 is 9.64 Å². The second-order valence-electron chi connectivity index (χ2n) is 4.98. The minimum Gasteiger partial charge on any atom is -0.484 e. The number of hydrogen-bond donors (Lipinski definition) is 0. The fraction of sp³-hybridized carbons (Fsp3) is 0.294. The Kier molecular flexibility index (Phi) is 6.19. The van der Waals surface area contributed by atoms with Crippen molar-refractivity contribution in [3.63, 3.8) is 0 Å². The summed E-state index contributed by atoms with van der Waals surface area (Å²) in [6.07, 6.45) is 0. The van der Waals surface area contributed by atoms with Crippen molar-refractivity contribution in [1.82, 2.24) is 4.90 Å².